The Morgan fingerprint density at radius 1 is 1.43 bits per heavy atom. The van der Waals surface area contributed by atoms with Crippen LogP contribution in [-0.2, 0) is 17.7 Å². The number of nitrogens with zero attached hydrogens (tertiary/aromatic N) is 2. The predicted octanol–water partition coefficient (Wildman–Crippen LogP) is 3.31. The van der Waals surface area contributed by atoms with Crippen LogP contribution in [-0.4, -0.2) is 36.1 Å². The fourth-order valence-corrected chi connectivity index (χ4v) is 3.60. The summed E-state index contributed by atoms with van der Waals surface area (Å²) in [6.45, 7) is 11.2. The van der Waals surface area contributed by atoms with Crippen molar-refractivity contribution in [2.24, 2.45) is 5.41 Å². The fourth-order valence-electron chi connectivity index (χ4n) is 3.17. The summed E-state index contributed by atoms with van der Waals surface area (Å²) in [7, 11) is 0. The van der Waals surface area contributed by atoms with E-state index < -0.39 is 0 Å². The van der Waals surface area contributed by atoms with Crippen LogP contribution in [0.15, 0.2) is 4.47 Å². The molecule has 2 rings (SSSR count). The van der Waals surface area contributed by atoms with E-state index in [-0.39, 0.29) is 5.41 Å². The molecule has 0 saturated carbocycles. The highest BCUT2D eigenvalue weighted by Crippen LogP contribution is 2.35. The molecule has 1 unspecified atom stereocenters. The lowest BCUT2D eigenvalue weighted by molar-refractivity contribution is -0.00813. The highest BCUT2D eigenvalue weighted by molar-refractivity contribution is 9.10. The van der Waals surface area contributed by atoms with Gasteiger partial charge < -0.3 is 10.1 Å². The van der Waals surface area contributed by atoms with E-state index in [0.29, 0.717) is 0 Å². The van der Waals surface area contributed by atoms with Gasteiger partial charge in [-0.05, 0) is 62.0 Å². The first kappa shape index (κ1) is 17.0. The number of rotatable bonds is 7. The Labute approximate surface area is 136 Å². The molecule has 1 fully saturated rings. The first-order valence-electron chi connectivity index (χ1n) is 8.12. The van der Waals surface area contributed by atoms with Crippen molar-refractivity contribution in [3.05, 3.63) is 15.9 Å². The van der Waals surface area contributed by atoms with Crippen LogP contribution < -0.4 is 5.32 Å². The molecule has 1 aliphatic heterocycles. The second kappa shape index (κ2) is 7.75. The Morgan fingerprint density at radius 3 is 2.86 bits per heavy atom. The van der Waals surface area contributed by atoms with Crippen molar-refractivity contribution in [1.29, 1.82) is 0 Å². The number of ether oxygens (including phenoxy) is 1. The van der Waals surface area contributed by atoms with Gasteiger partial charge in [-0.3, -0.25) is 4.68 Å². The van der Waals surface area contributed by atoms with Gasteiger partial charge in [0.15, 0.2) is 0 Å². The fraction of sp³-hybridized carbons (Fsp3) is 0.812. The maximum atomic E-state index is 5.82. The Balaban J connectivity index is 2.18. The van der Waals surface area contributed by atoms with E-state index in [4.69, 9.17) is 4.74 Å². The molecule has 1 aromatic heterocycles. The van der Waals surface area contributed by atoms with Crippen LogP contribution in [0.5, 0.6) is 0 Å². The summed E-state index contributed by atoms with van der Waals surface area (Å²) < 4.78 is 9.13. The summed E-state index contributed by atoms with van der Waals surface area (Å²) >= 11 is 3.73. The van der Waals surface area contributed by atoms with Gasteiger partial charge in [0.05, 0.1) is 22.5 Å². The third-order valence-corrected chi connectivity index (χ3v) is 5.36. The minimum absolute atomic E-state index is 0.204. The minimum Gasteiger partial charge on any atom is -0.381 e. The molecule has 0 amide bonds. The topological polar surface area (TPSA) is 39.1 Å². The second-order valence-electron chi connectivity index (χ2n) is 6.17. The summed E-state index contributed by atoms with van der Waals surface area (Å²) in [6, 6.07) is 0. The van der Waals surface area contributed by atoms with Crippen molar-refractivity contribution in [1.82, 2.24) is 15.1 Å². The monoisotopic (exact) mass is 357 g/mol. The maximum absolute atomic E-state index is 5.82. The van der Waals surface area contributed by atoms with E-state index in [0.717, 1.165) is 51.4 Å². The zero-order valence-corrected chi connectivity index (χ0v) is 15.1. The molecule has 1 N–H and O–H groups in total. The van der Waals surface area contributed by atoms with Gasteiger partial charge in [0, 0.05) is 25.1 Å². The smallest absolute Gasteiger partial charge is 0.0738 e. The Hall–Kier alpha value is -0.390. The van der Waals surface area contributed by atoms with E-state index in [1.54, 1.807) is 0 Å². The quantitative estimate of drug-likeness (QED) is 0.760. The van der Waals surface area contributed by atoms with Gasteiger partial charge >= 0.3 is 0 Å². The molecule has 1 saturated heterocycles. The Kier molecular flexibility index (Phi) is 6.26. The van der Waals surface area contributed by atoms with E-state index in [1.165, 1.54) is 23.0 Å². The molecule has 1 aliphatic rings. The zero-order chi connectivity index (χ0) is 15.3. The van der Waals surface area contributed by atoms with Gasteiger partial charge in [0.1, 0.15) is 0 Å². The molecule has 21 heavy (non-hydrogen) atoms. The van der Waals surface area contributed by atoms with E-state index in [1.807, 2.05) is 0 Å². The van der Waals surface area contributed by atoms with Gasteiger partial charge in [-0.15, -0.1) is 0 Å². The number of halogens is 1. The molecule has 0 spiro atoms. The predicted molar refractivity (Wildman–Crippen MR) is 89.7 cm³/mol. The molecule has 2 heterocycles. The molecule has 0 aromatic carbocycles. The number of aryl methyl sites for hydroxylation is 2. The largest absolute Gasteiger partial charge is 0.381 e. The molecule has 0 radical (unpaired) electrons. The van der Waals surface area contributed by atoms with Crippen molar-refractivity contribution in [2.45, 2.75) is 53.0 Å². The normalized spacial score (nSPS) is 22.7. The molecule has 120 valence electrons. The number of nitrogens with one attached hydrogen (secondary N) is 1. The van der Waals surface area contributed by atoms with Crippen LogP contribution in [0.4, 0.5) is 0 Å². The standard InChI is InChI=1S/C16H28BrN3O/c1-4-8-18-11-16(7-6-9-21-12-16)10-14-15(17)13(3)19-20(14)5-2/h18H,4-12H2,1-3H3. The van der Waals surface area contributed by atoms with Crippen LogP contribution in [0.3, 0.4) is 0 Å². The van der Waals surface area contributed by atoms with Crippen LogP contribution in [0.1, 0.15) is 44.5 Å². The highest BCUT2D eigenvalue weighted by atomic mass is 79.9. The van der Waals surface area contributed by atoms with Crippen LogP contribution >= 0.6 is 15.9 Å². The molecule has 4 nitrogen and oxygen atoms in total. The lowest BCUT2D eigenvalue weighted by atomic mass is 9.78. The van der Waals surface area contributed by atoms with E-state index in [9.17, 15) is 0 Å². The molecule has 5 heteroatoms. The molecule has 0 aliphatic carbocycles. The zero-order valence-electron chi connectivity index (χ0n) is 13.5. The van der Waals surface area contributed by atoms with Crippen molar-refractivity contribution < 1.29 is 4.74 Å². The summed E-state index contributed by atoms with van der Waals surface area (Å²) in [5, 5.41) is 8.23. The van der Waals surface area contributed by atoms with Crippen LogP contribution in [0, 0.1) is 12.3 Å². The third-order valence-electron chi connectivity index (χ3n) is 4.33. The molecule has 1 aromatic rings. The number of aromatic nitrogens is 2. The van der Waals surface area contributed by atoms with Crippen molar-refractivity contribution >= 4 is 15.9 Å². The summed E-state index contributed by atoms with van der Waals surface area (Å²) in [5.41, 5.74) is 2.61. The molecular formula is C16H28BrN3O. The van der Waals surface area contributed by atoms with Crippen molar-refractivity contribution in [2.75, 3.05) is 26.3 Å². The Bertz CT molecular complexity index is 453. The number of hydrogen-bond donors (Lipinski definition) is 1. The van der Waals surface area contributed by atoms with Crippen LogP contribution in [0.25, 0.3) is 0 Å². The summed E-state index contributed by atoms with van der Waals surface area (Å²) in [4.78, 5) is 0. The van der Waals surface area contributed by atoms with E-state index >= 15 is 0 Å². The van der Waals surface area contributed by atoms with Crippen molar-refractivity contribution in [3.63, 3.8) is 0 Å². The highest BCUT2D eigenvalue weighted by Gasteiger charge is 2.35. The second-order valence-corrected chi connectivity index (χ2v) is 6.96. The van der Waals surface area contributed by atoms with Crippen molar-refractivity contribution in [3.8, 4) is 0 Å². The minimum atomic E-state index is 0.204. The molecular weight excluding hydrogens is 330 g/mol. The average Bonchev–Trinajstić information content (AvgIpc) is 2.76. The SMILES string of the molecule is CCCNCC1(Cc2c(Br)c(C)nn2CC)CCCOC1. The van der Waals surface area contributed by atoms with Gasteiger partial charge in [-0.25, -0.2) is 0 Å². The Morgan fingerprint density at radius 2 is 2.24 bits per heavy atom. The average molecular weight is 358 g/mol. The van der Waals surface area contributed by atoms with Gasteiger partial charge in [0.25, 0.3) is 0 Å². The maximum Gasteiger partial charge on any atom is 0.0738 e. The first-order valence-corrected chi connectivity index (χ1v) is 8.91. The van der Waals surface area contributed by atoms with E-state index in [2.05, 4.69) is 51.8 Å². The molecule has 0 bridgehead atoms. The lowest BCUT2D eigenvalue weighted by Crippen LogP contribution is -2.43. The van der Waals surface area contributed by atoms with Crippen LogP contribution in [0.2, 0.25) is 0 Å². The molecule has 1 atom stereocenters. The third kappa shape index (κ3) is 4.08. The van der Waals surface area contributed by atoms with Gasteiger partial charge in [-0.2, -0.15) is 5.10 Å². The number of hydrogen-bond acceptors (Lipinski definition) is 3. The first-order chi connectivity index (χ1) is 10.1. The van der Waals surface area contributed by atoms with Gasteiger partial charge in [-0.1, -0.05) is 6.92 Å². The lowest BCUT2D eigenvalue weighted by Gasteiger charge is -2.37. The van der Waals surface area contributed by atoms with Gasteiger partial charge in [0.2, 0.25) is 0 Å². The summed E-state index contributed by atoms with van der Waals surface area (Å²) in [6.07, 6.45) is 4.58. The summed E-state index contributed by atoms with van der Waals surface area (Å²) in [5.74, 6) is 0.